The van der Waals surface area contributed by atoms with Gasteiger partial charge in [0.15, 0.2) is 5.82 Å². The highest BCUT2D eigenvalue weighted by molar-refractivity contribution is 7.98. The van der Waals surface area contributed by atoms with Gasteiger partial charge in [0.25, 0.3) is 0 Å². The standard InChI is InChI=1S/C37H40ClF2N5O4SSi/c1-50-35-24-18-27(26-11-7-13-43(26)37(48)49-14-15-51(2,3)4)45(33-21-17-28(33)44(19-21)36(46)47)34(24)23-16-20(8-6-12-41)29(31(40)32(23)42-35)22-9-5-10-25(39)30(22)38/h5,9-10,16,18,21,26,28,33H,6-8,11,13-15,17,19H2,1-4H3,(H,46,47)/t21?,26-,28?,33?/m1/s1. The lowest BCUT2D eigenvalue weighted by molar-refractivity contribution is 0.0985. The molecule has 5 heterocycles. The molecule has 2 amide bonds. The summed E-state index contributed by atoms with van der Waals surface area (Å²) in [5.74, 6) is -1.32. The fourth-order valence-corrected chi connectivity index (χ4v) is 9.74. The summed E-state index contributed by atoms with van der Waals surface area (Å²) in [6, 6.07) is 10.3. The number of hydrogen-bond donors (Lipinski definition) is 1. The molecular weight excluding hydrogens is 712 g/mol. The number of pyridine rings is 1. The Bertz CT molecular complexity index is 2120. The number of hydrogen-bond acceptors (Lipinski definition) is 6. The van der Waals surface area contributed by atoms with E-state index in [2.05, 4.69) is 30.3 Å². The average molecular weight is 752 g/mol. The first-order valence-electron chi connectivity index (χ1n) is 17.3. The van der Waals surface area contributed by atoms with Crippen molar-refractivity contribution in [1.29, 1.82) is 5.26 Å². The van der Waals surface area contributed by atoms with Crippen molar-refractivity contribution in [1.82, 2.24) is 19.4 Å². The lowest BCUT2D eigenvalue weighted by Gasteiger charge is -2.40. The van der Waals surface area contributed by atoms with E-state index in [0.29, 0.717) is 54.0 Å². The van der Waals surface area contributed by atoms with Gasteiger partial charge in [-0.3, -0.25) is 4.90 Å². The van der Waals surface area contributed by atoms with Crippen molar-refractivity contribution in [3.8, 4) is 17.2 Å². The second-order valence-electron chi connectivity index (χ2n) is 15.0. The predicted molar refractivity (Wildman–Crippen MR) is 197 cm³/mol. The van der Waals surface area contributed by atoms with Crippen molar-refractivity contribution >= 4 is 65.4 Å². The third kappa shape index (κ3) is 6.12. The number of nitrogens with zero attached hydrogens (tertiary/aromatic N) is 5. The molecule has 3 aliphatic heterocycles. The minimum Gasteiger partial charge on any atom is -0.465 e. The number of carbonyl (C=O) groups is 2. The Balaban J connectivity index is 1.47. The van der Waals surface area contributed by atoms with Crippen LogP contribution in [0.15, 0.2) is 35.4 Å². The average Bonchev–Trinajstić information content (AvgIpc) is 3.87. The maximum Gasteiger partial charge on any atom is 0.410 e. The van der Waals surface area contributed by atoms with Crippen LogP contribution in [-0.4, -0.2) is 76.7 Å². The molecule has 2 bridgehead atoms. The van der Waals surface area contributed by atoms with E-state index in [0.717, 1.165) is 23.5 Å². The van der Waals surface area contributed by atoms with Gasteiger partial charge < -0.3 is 19.3 Å². The van der Waals surface area contributed by atoms with Crippen LogP contribution in [0.25, 0.3) is 32.9 Å². The number of carbonyl (C=O) groups excluding carboxylic acids is 1. The second-order valence-corrected chi connectivity index (χ2v) is 21.8. The summed E-state index contributed by atoms with van der Waals surface area (Å²) in [5, 5.41) is 21.3. The molecule has 14 heteroatoms. The predicted octanol–water partition coefficient (Wildman–Crippen LogP) is 9.50. The van der Waals surface area contributed by atoms with E-state index in [1.807, 2.05) is 18.4 Å². The van der Waals surface area contributed by atoms with Crippen molar-refractivity contribution in [2.24, 2.45) is 5.92 Å². The molecule has 268 valence electrons. The zero-order valence-corrected chi connectivity index (χ0v) is 31.6. The monoisotopic (exact) mass is 751 g/mol. The summed E-state index contributed by atoms with van der Waals surface area (Å²) in [5.41, 5.74) is 2.39. The molecule has 1 saturated carbocycles. The molecule has 3 unspecified atom stereocenters. The van der Waals surface area contributed by atoms with Gasteiger partial charge in [0.2, 0.25) is 0 Å². The Labute approximate surface area is 305 Å². The van der Waals surface area contributed by atoms with Crippen molar-refractivity contribution in [3.05, 3.63) is 58.2 Å². The first-order valence-corrected chi connectivity index (χ1v) is 22.6. The number of likely N-dealkylation sites (tertiary alicyclic amines) is 1. The van der Waals surface area contributed by atoms with Crippen molar-refractivity contribution < 1.29 is 28.2 Å². The fourth-order valence-electron chi connectivity index (χ4n) is 8.25. The highest BCUT2D eigenvalue weighted by Gasteiger charge is 2.56. The minimum atomic E-state index is -1.43. The quantitative estimate of drug-likeness (QED) is 0.134. The first-order chi connectivity index (χ1) is 24.3. The van der Waals surface area contributed by atoms with Crippen LogP contribution in [-0.2, 0) is 11.2 Å². The van der Waals surface area contributed by atoms with Crippen molar-refractivity contribution in [2.45, 2.75) is 80.9 Å². The summed E-state index contributed by atoms with van der Waals surface area (Å²) in [7, 11) is -1.43. The molecule has 4 fully saturated rings. The van der Waals surface area contributed by atoms with Crippen LogP contribution in [0.3, 0.4) is 0 Å². The van der Waals surface area contributed by atoms with E-state index < -0.39 is 25.8 Å². The van der Waals surface area contributed by atoms with Gasteiger partial charge in [-0.25, -0.2) is 23.4 Å². The number of fused-ring (bicyclic) bond motifs is 4. The topological polar surface area (TPSA) is 112 Å². The fraction of sp³-hybridized carbons (Fsp3) is 0.459. The van der Waals surface area contributed by atoms with Gasteiger partial charge >= 0.3 is 12.2 Å². The first kappa shape index (κ1) is 35.5. The van der Waals surface area contributed by atoms with Gasteiger partial charge in [-0.15, -0.1) is 11.8 Å². The number of halogens is 3. The zero-order valence-electron chi connectivity index (χ0n) is 29.0. The Kier molecular flexibility index (Phi) is 9.48. The lowest BCUT2D eigenvalue weighted by Crippen LogP contribution is -2.43. The highest BCUT2D eigenvalue weighted by Crippen LogP contribution is 2.54. The molecule has 4 atom stereocenters. The Hall–Kier alpha value is -3.86. The minimum absolute atomic E-state index is 0.0354. The smallest absolute Gasteiger partial charge is 0.410 e. The van der Waals surface area contributed by atoms with Gasteiger partial charge in [-0.05, 0) is 61.7 Å². The molecule has 2 aromatic carbocycles. The lowest BCUT2D eigenvalue weighted by atomic mass is 9.79. The molecule has 3 saturated heterocycles. The normalized spacial score (nSPS) is 21.4. The number of aryl methyl sites for hydroxylation is 1. The molecule has 2 aromatic heterocycles. The number of thioether (sulfide) groups is 1. The molecule has 51 heavy (non-hydrogen) atoms. The number of carboxylic acid groups (broad SMARTS) is 1. The van der Waals surface area contributed by atoms with Gasteiger partial charge in [-0.1, -0.05) is 43.4 Å². The molecule has 8 rings (SSSR count). The maximum atomic E-state index is 17.1. The number of nitriles is 1. The van der Waals surface area contributed by atoms with Crippen LogP contribution in [0, 0.1) is 28.9 Å². The van der Waals surface area contributed by atoms with E-state index >= 15 is 4.39 Å². The SMILES string of the molecule is CSc1nc2c(F)c(-c3cccc(F)c3Cl)c(CCC#N)cc2c2c1cc([C@H]1CCCN1C(=O)OCC[Si](C)(C)C)n2C1C2CC1N(C(=O)O)C2. The van der Waals surface area contributed by atoms with Gasteiger partial charge in [0, 0.05) is 61.1 Å². The van der Waals surface area contributed by atoms with E-state index in [1.54, 1.807) is 11.0 Å². The molecule has 1 aliphatic carbocycles. The van der Waals surface area contributed by atoms with Crippen LogP contribution >= 0.6 is 23.4 Å². The third-order valence-electron chi connectivity index (χ3n) is 10.7. The molecule has 4 aromatic rings. The van der Waals surface area contributed by atoms with Gasteiger partial charge in [-0.2, -0.15) is 5.26 Å². The number of amides is 2. The molecular formula is C37H40ClF2N5O4SSi. The second kappa shape index (κ2) is 13.6. The Morgan fingerprint density at radius 2 is 1.98 bits per heavy atom. The van der Waals surface area contributed by atoms with Gasteiger partial charge in [0.05, 0.1) is 41.3 Å². The number of rotatable bonds is 9. The number of ether oxygens (including phenoxy) is 1. The van der Waals surface area contributed by atoms with Crippen LogP contribution in [0.1, 0.15) is 49.0 Å². The largest absolute Gasteiger partial charge is 0.465 e. The third-order valence-corrected chi connectivity index (χ3v) is 13.5. The van der Waals surface area contributed by atoms with E-state index in [-0.39, 0.29) is 64.6 Å². The van der Waals surface area contributed by atoms with Crippen molar-refractivity contribution in [2.75, 3.05) is 26.0 Å². The zero-order chi connectivity index (χ0) is 36.4. The van der Waals surface area contributed by atoms with Gasteiger partial charge in [0.1, 0.15) is 16.4 Å². The molecule has 0 radical (unpaired) electrons. The molecule has 1 N–H and O–H groups in total. The van der Waals surface area contributed by atoms with Crippen LogP contribution in [0.4, 0.5) is 18.4 Å². The van der Waals surface area contributed by atoms with E-state index in [4.69, 9.17) is 21.3 Å². The Morgan fingerprint density at radius 1 is 1.20 bits per heavy atom. The maximum absolute atomic E-state index is 17.1. The molecule has 9 nitrogen and oxygen atoms in total. The van der Waals surface area contributed by atoms with E-state index in [1.165, 1.54) is 28.8 Å². The van der Waals surface area contributed by atoms with Crippen LogP contribution in [0.5, 0.6) is 0 Å². The summed E-state index contributed by atoms with van der Waals surface area (Å²) >= 11 is 7.79. The highest BCUT2D eigenvalue weighted by atomic mass is 35.5. The summed E-state index contributed by atoms with van der Waals surface area (Å²) in [4.78, 5) is 34.1. The summed E-state index contributed by atoms with van der Waals surface area (Å²) < 4.78 is 39.9. The van der Waals surface area contributed by atoms with Crippen LogP contribution < -0.4 is 0 Å². The summed E-state index contributed by atoms with van der Waals surface area (Å²) in [6.45, 7) is 7.97. The summed E-state index contributed by atoms with van der Waals surface area (Å²) in [6.07, 6.45) is 2.97. The molecule has 4 aliphatic rings. The van der Waals surface area contributed by atoms with E-state index in [9.17, 15) is 24.3 Å². The molecule has 0 spiro atoms. The van der Waals surface area contributed by atoms with Crippen molar-refractivity contribution in [3.63, 3.8) is 0 Å². The Morgan fingerprint density at radius 3 is 2.67 bits per heavy atom. The van der Waals surface area contributed by atoms with Crippen LogP contribution in [0.2, 0.25) is 30.7 Å². The number of aromatic nitrogens is 2. The number of benzene rings is 2.